The van der Waals surface area contributed by atoms with Gasteiger partial charge in [0.15, 0.2) is 5.15 Å². The molecule has 1 aliphatic rings. The molecule has 216 valence electrons. The number of halogens is 4. The molecule has 0 spiro atoms. The van der Waals surface area contributed by atoms with Gasteiger partial charge in [-0.15, -0.1) is 0 Å². The number of aryl methyl sites for hydroxylation is 1. The fourth-order valence-electron chi connectivity index (χ4n) is 4.15. The summed E-state index contributed by atoms with van der Waals surface area (Å²) < 4.78 is 77.5. The van der Waals surface area contributed by atoms with Gasteiger partial charge in [-0.3, -0.25) is 18.7 Å². The summed E-state index contributed by atoms with van der Waals surface area (Å²) >= 11 is 6.15. The molecule has 1 aliphatic heterocycles. The lowest BCUT2D eigenvalue weighted by atomic mass is 9.95. The maximum atomic E-state index is 13.9. The van der Waals surface area contributed by atoms with Gasteiger partial charge in [0.2, 0.25) is 5.91 Å². The van der Waals surface area contributed by atoms with Crippen LogP contribution in [-0.4, -0.2) is 65.2 Å². The molecule has 0 radical (unpaired) electrons. The van der Waals surface area contributed by atoms with E-state index in [4.69, 9.17) is 16.3 Å². The molecule has 0 unspecified atom stereocenters. The van der Waals surface area contributed by atoms with E-state index in [0.29, 0.717) is 20.4 Å². The number of sulfonamides is 1. The minimum Gasteiger partial charge on any atom is -0.484 e. The number of alkyl halides is 3. The van der Waals surface area contributed by atoms with E-state index in [9.17, 15) is 36.3 Å². The molecule has 0 saturated carbocycles. The average Bonchev–Trinajstić information content (AvgIpc) is 3.18. The molecule has 11 nitrogen and oxygen atoms in total. The van der Waals surface area contributed by atoms with E-state index < -0.39 is 57.6 Å². The van der Waals surface area contributed by atoms with E-state index in [1.807, 2.05) is 0 Å². The van der Waals surface area contributed by atoms with Crippen molar-refractivity contribution in [2.75, 3.05) is 15.7 Å². The second-order valence-corrected chi connectivity index (χ2v) is 12.2. The first-order valence-corrected chi connectivity index (χ1v) is 13.5. The predicted octanol–water partition coefficient (Wildman–Crippen LogP) is 4.25. The van der Waals surface area contributed by atoms with Crippen molar-refractivity contribution in [2.24, 2.45) is 0 Å². The number of hydrogen-bond acceptors (Lipinski definition) is 6. The summed E-state index contributed by atoms with van der Waals surface area (Å²) in [6.07, 6.45) is -6.61. The fraction of sp³-hybridized carbons (Fsp3) is 0.522. The average molecular weight is 596 g/mol. The van der Waals surface area contributed by atoms with Crippen molar-refractivity contribution < 1.29 is 41.0 Å². The Morgan fingerprint density at radius 2 is 1.87 bits per heavy atom. The number of carboxylic acid groups (broad SMARTS) is 1. The summed E-state index contributed by atoms with van der Waals surface area (Å²) in [6.45, 7) is 7.51. The van der Waals surface area contributed by atoms with Crippen LogP contribution < -0.4 is 19.3 Å². The van der Waals surface area contributed by atoms with Crippen LogP contribution in [0.5, 0.6) is 5.75 Å². The van der Waals surface area contributed by atoms with Crippen LogP contribution in [-0.2, 0) is 21.4 Å². The molecule has 2 N–H and O–H groups in total. The Morgan fingerprint density at radius 3 is 2.36 bits per heavy atom. The van der Waals surface area contributed by atoms with E-state index in [0.717, 1.165) is 16.4 Å². The highest BCUT2D eigenvalue weighted by atomic mass is 35.5. The summed E-state index contributed by atoms with van der Waals surface area (Å²) in [5.41, 5.74) is -4.62. The first-order valence-electron chi connectivity index (χ1n) is 11.7. The van der Waals surface area contributed by atoms with E-state index in [1.54, 1.807) is 20.8 Å². The van der Waals surface area contributed by atoms with Crippen LogP contribution >= 0.6 is 11.6 Å². The molecule has 0 bridgehead atoms. The van der Waals surface area contributed by atoms with Crippen LogP contribution in [0.15, 0.2) is 29.3 Å². The standard InChI is InChI=1S/C23H29ClF3N5O6S/c1-7-30-11-17(19(24)29-30)39(36,37)31-12-18(21(3,4)28-13(2)33)38-16-9-8-14(10-15(16)31)32(20(34)35)22(5,6)23(25,26)27/h8-11,18H,7,12H2,1-6H3,(H,28,33)(H,34,35)/t18-/m0/s1. The molecular weight excluding hydrogens is 567 g/mol. The molecule has 1 aromatic heterocycles. The number of rotatable bonds is 7. The number of nitrogens with one attached hydrogen (secondary N) is 1. The third-order valence-corrected chi connectivity index (χ3v) is 8.57. The highest BCUT2D eigenvalue weighted by Gasteiger charge is 2.54. The fourth-order valence-corrected chi connectivity index (χ4v) is 6.07. The number of nitrogens with zero attached hydrogens (tertiary/aromatic N) is 4. The Kier molecular flexibility index (Phi) is 7.84. The summed E-state index contributed by atoms with van der Waals surface area (Å²) in [7, 11) is -4.51. The molecule has 1 aromatic carbocycles. The van der Waals surface area contributed by atoms with Gasteiger partial charge in [0.1, 0.15) is 22.3 Å². The minimum absolute atomic E-state index is 0.0637. The number of fused-ring (bicyclic) bond motifs is 1. The van der Waals surface area contributed by atoms with Gasteiger partial charge in [0.25, 0.3) is 10.0 Å². The molecule has 39 heavy (non-hydrogen) atoms. The van der Waals surface area contributed by atoms with E-state index in [2.05, 4.69) is 10.4 Å². The highest BCUT2D eigenvalue weighted by Crippen LogP contribution is 2.45. The molecule has 1 atom stereocenters. The van der Waals surface area contributed by atoms with Crippen LogP contribution in [0.2, 0.25) is 5.15 Å². The largest absolute Gasteiger partial charge is 0.484 e. The SMILES string of the molecule is CCn1cc(S(=O)(=O)N2C[C@@H](C(C)(C)NC(C)=O)Oc3ccc(N(C(=O)O)C(C)(C)C(F)(F)F)cc32)c(Cl)n1. The van der Waals surface area contributed by atoms with Gasteiger partial charge in [-0.25, -0.2) is 13.2 Å². The molecule has 0 fully saturated rings. The third kappa shape index (κ3) is 5.60. The summed E-state index contributed by atoms with van der Waals surface area (Å²) in [5, 5.41) is 16.1. The van der Waals surface area contributed by atoms with Crippen LogP contribution in [0.4, 0.5) is 29.3 Å². The zero-order valence-electron chi connectivity index (χ0n) is 22.0. The van der Waals surface area contributed by atoms with Crippen LogP contribution in [0.3, 0.4) is 0 Å². The Labute approximate surface area is 228 Å². The molecule has 2 aromatic rings. The number of ether oxygens (including phenoxy) is 1. The van der Waals surface area contributed by atoms with E-state index in [1.165, 1.54) is 23.9 Å². The lowest BCUT2D eigenvalue weighted by Gasteiger charge is -2.43. The van der Waals surface area contributed by atoms with Crippen molar-refractivity contribution in [3.05, 3.63) is 29.5 Å². The van der Waals surface area contributed by atoms with Gasteiger partial charge in [-0.05, 0) is 52.8 Å². The van der Waals surface area contributed by atoms with Gasteiger partial charge in [0.05, 0.1) is 23.5 Å². The van der Waals surface area contributed by atoms with Crippen LogP contribution in [0.1, 0.15) is 41.5 Å². The number of aromatic nitrogens is 2. The number of carbonyl (C=O) groups excluding carboxylic acids is 1. The second-order valence-electron chi connectivity index (χ2n) is 10.0. The lowest BCUT2D eigenvalue weighted by Crippen LogP contribution is -2.60. The van der Waals surface area contributed by atoms with Crippen molar-refractivity contribution in [1.82, 2.24) is 15.1 Å². The number of carbonyl (C=O) groups is 2. The number of anilines is 2. The quantitative estimate of drug-likeness (QED) is 0.489. The minimum atomic E-state index is -4.96. The van der Waals surface area contributed by atoms with Crippen LogP contribution in [0, 0.1) is 0 Å². The highest BCUT2D eigenvalue weighted by molar-refractivity contribution is 7.93. The third-order valence-electron chi connectivity index (χ3n) is 6.40. The normalized spacial score (nSPS) is 16.4. The van der Waals surface area contributed by atoms with Gasteiger partial charge >= 0.3 is 12.3 Å². The lowest BCUT2D eigenvalue weighted by molar-refractivity contribution is -0.175. The Bertz CT molecular complexity index is 1390. The van der Waals surface area contributed by atoms with Crippen molar-refractivity contribution >= 4 is 45.0 Å². The van der Waals surface area contributed by atoms with Gasteiger partial charge in [0, 0.05) is 19.7 Å². The second kappa shape index (κ2) is 10.1. The smallest absolute Gasteiger partial charge is 0.412 e. The Morgan fingerprint density at radius 1 is 1.26 bits per heavy atom. The zero-order valence-corrected chi connectivity index (χ0v) is 23.6. The number of amides is 2. The van der Waals surface area contributed by atoms with E-state index >= 15 is 0 Å². The molecule has 3 rings (SSSR count). The molecule has 16 heteroatoms. The van der Waals surface area contributed by atoms with Crippen LogP contribution in [0.25, 0.3) is 0 Å². The van der Waals surface area contributed by atoms with Gasteiger partial charge in [-0.2, -0.15) is 18.3 Å². The predicted molar refractivity (Wildman–Crippen MR) is 137 cm³/mol. The van der Waals surface area contributed by atoms with Gasteiger partial charge < -0.3 is 15.2 Å². The summed E-state index contributed by atoms with van der Waals surface area (Å²) in [6, 6.07) is 3.26. The summed E-state index contributed by atoms with van der Waals surface area (Å²) in [4.78, 5) is 23.6. The van der Waals surface area contributed by atoms with Gasteiger partial charge in [-0.1, -0.05) is 11.6 Å². The first kappa shape index (κ1) is 30.3. The maximum Gasteiger partial charge on any atom is 0.412 e. The van der Waals surface area contributed by atoms with Crippen molar-refractivity contribution in [3.8, 4) is 5.75 Å². The molecular formula is C23H29ClF3N5O6S. The Hall–Kier alpha value is -3.20. The molecule has 0 saturated heterocycles. The molecule has 0 aliphatic carbocycles. The summed E-state index contributed by atoms with van der Waals surface area (Å²) in [5.74, 6) is -0.468. The molecule has 2 amide bonds. The van der Waals surface area contributed by atoms with E-state index in [-0.39, 0.29) is 26.4 Å². The number of hydrogen-bond donors (Lipinski definition) is 2. The maximum absolute atomic E-state index is 13.9. The zero-order chi connectivity index (χ0) is 29.7. The monoisotopic (exact) mass is 595 g/mol. The first-order chi connectivity index (χ1) is 17.7. The van der Waals surface area contributed by atoms with Crippen molar-refractivity contribution in [3.63, 3.8) is 0 Å². The Balaban J connectivity index is 2.25. The van der Waals surface area contributed by atoms with Crippen molar-refractivity contribution in [2.45, 2.75) is 76.3 Å². The molecule has 2 heterocycles. The topological polar surface area (TPSA) is 134 Å². The van der Waals surface area contributed by atoms with Crippen molar-refractivity contribution in [1.29, 1.82) is 0 Å². The number of benzene rings is 1.